The first-order valence-corrected chi connectivity index (χ1v) is 9.59. The van der Waals surface area contributed by atoms with Gasteiger partial charge in [0.2, 0.25) is 5.88 Å². The van der Waals surface area contributed by atoms with E-state index in [-0.39, 0.29) is 0 Å². The highest BCUT2D eigenvalue weighted by Crippen LogP contribution is 2.35. The van der Waals surface area contributed by atoms with E-state index in [0.29, 0.717) is 24.4 Å². The van der Waals surface area contributed by atoms with Crippen molar-refractivity contribution < 1.29 is 9.47 Å². The van der Waals surface area contributed by atoms with Crippen molar-refractivity contribution in [2.24, 2.45) is 0 Å². The third-order valence-corrected chi connectivity index (χ3v) is 5.51. The van der Waals surface area contributed by atoms with Crippen molar-refractivity contribution >= 4 is 22.6 Å². The van der Waals surface area contributed by atoms with Crippen LogP contribution in [0.25, 0.3) is 0 Å². The molecule has 1 aliphatic carbocycles. The molecule has 1 unspecified atom stereocenters. The second kappa shape index (κ2) is 8.31. The van der Waals surface area contributed by atoms with Gasteiger partial charge in [-0.3, -0.25) is 0 Å². The van der Waals surface area contributed by atoms with Crippen LogP contribution in [0, 0.1) is 3.57 Å². The summed E-state index contributed by atoms with van der Waals surface area (Å²) in [5.41, 5.74) is 1.09. The molecule has 0 aliphatic heterocycles. The molecule has 1 aliphatic rings. The van der Waals surface area contributed by atoms with Gasteiger partial charge in [0.25, 0.3) is 0 Å². The lowest BCUT2D eigenvalue weighted by atomic mass is 10.1. The summed E-state index contributed by atoms with van der Waals surface area (Å²) in [6.45, 7) is 0.488. The number of aromatic nitrogens is 2. The highest BCUT2D eigenvalue weighted by Gasteiger charge is 2.29. The minimum atomic E-state index is 0.424. The number of ether oxygens (including phenoxy) is 2. The van der Waals surface area contributed by atoms with Crippen molar-refractivity contribution in [2.45, 2.75) is 37.8 Å². The highest BCUT2D eigenvalue weighted by molar-refractivity contribution is 14.1. The van der Waals surface area contributed by atoms with Gasteiger partial charge in [0.05, 0.1) is 10.7 Å². The van der Waals surface area contributed by atoms with Crippen LogP contribution in [-0.4, -0.2) is 42.1 Å². The van der Waals surface area contributed by atoms with E-state index in [2.05, 4.69) is 46.6 Å². The fourth-order valence-corrected chi connectivity index (χ4v) is 3.61. The average Bonchev–Trinajstić information content (AvgIpc) is 3.12. The van der Waals surface area contributed by atoms with Gasteiger partial charge in [0.15, 0.2) is 0 Å². The third-order valence-electron chi connectivity index (χ3n) is 4.77. The summed E-state index contributed by atoms with van der Waals surface area (Å²) in [4.78, 5) is 11.6. The quantitative estimate of drug-likeness (QED) is 0.622. The molecule has 2 aromatic rings. The van der Waals surface area contributed by atoms with Crippen LogP contribution < -0.4 is 9.47 Å². The fraction of sp³-hybridized carbons (Fsp3) is 0.474. The molecule has 2 atom stereocenters. The SMILES string of the molecule is COc1ccc(COc2nc(C3CC[C@@H](N(C)C)C3)ncc2I)cc1. The van der Waals surface area contributed by atoms with Gasteiger partial charge in [-0.2, -0.15) is 4.98 Å². The molecule has 0 amide bonds. The van der Waals surface area contributed by atoms with Crippen molar-refractivity contribution in [2.75, 3.05) is 21.2 Å². The first-order valence-electron chi connectivity index (χ1n) is 8.51. The lowest BCUT2D eigenvalue weighted by Crippen LogP contribution is -2.24. The Morgan fingerprint density at radius 2 is 1.96 bits per heavy atom. The van der Waals surface area contributed by atoms with Crippen LogP contribution in [0.2, 0.25) is 0 Å². The molecule has 134 valence electrons. The van der Waals surface area contributed by atoms with Crippen molar-refractivity contribution in [1.82, 2.24) is 14.9 Å². The second-order valence-corrected chi connectivity index (χ2v) is 7.81. The topological polar surface area (TPSA) is 47.5 Å². The maximum Gasteiger partial charge on any atom is 0.230 e. The van der Waals surface area contributed by atoms with Gasteiger partial charge in [-0.1, -0.05) is 12.1 Å². The summed E-state index contributed by atoms with van der Waals surface area (Å²) in [6, 6.07) is 8.51. The van der Waals surface area contributed by atoms with Gasteiger partial charge >= 0.3 is 0 Å². The maximum absolute atomic E-state index is 5.96. The number of halogens is 1. The Kier molecular flexibility index (Phi) is 6.11. The van der Waals surface area contributed by atoms with E-state index >= 15 is 0 Å². The molecule has 5 nitrogen and oxygen atoms in total. The standard InChI is InChI=1S/C19H24IN3O2/c1-23(2)15-7-6-14(10-15)18-21-11-17(20)19(22-18)25-12-13-4-8-16(24-3)9-5-13/h4-5,8-9,11,14-15H,6-7,10,12H2,1-3H3/t14?,15-/m1/s1. The molecule has 1 aromatic heterocycles. The van der Waals surface area contributed by atoms with Gasteiger partial charge < -0.3 is 14.4 Å². The third kappa shape index (κ3) is 4.61. The fourth-order valence-electron chi connectivity index (χ4n) is 3.20. The van der Waals surface area contributed by atoms with Crippen molar-refractivity contribution in [3.63, 3.8) is 0 Å². The lowest BCUT2D eigenvalue weighted by Gasteiger charge is -2.18. The number of nitrogens with zero attached hydrogens (tertiary/aromatic N) is 3. The zero-order chi connectivity index (χ0) is 17.8. The van der Waals surface area contributed by atoms with Gasteiger partial charge in [-0.15, -0.1) is 0 Å². The summed E-state index contributed by atoms with van der Waals surface area (Å²) in [5, 5.41) is 0. The van der Waals surface area contributed by atoms with E-state index in [4.69, 9.17) is 14.5 Å². The Balaban J connectivity index is 1.67. The first-order chi connectivity index (χ1) is 12.1. The summed E-state index contributed by atoms with van der Waals surface area (Å²) in [5.74, 6) is 2.86. The minimum absolute atomic E-state index is 0.424. The average molecular weight is 453 g/mol. The molecule has 0 bridgehead atoms. The molecule has 6 heteroatoms. The van der Waals surface area contributed by atoms with Crippen molar-refractivity contribution in [3.05, 3.63) is 45.4 Å². The number of hydrogen-bond acceptors (Lipinski definition) is 5. The molecule has 1 aromatic carbocycles. The van der Waals surface area contributed by atoms with E-state index in [9.17, 15) is 0 Å². The molecule has 3 rings (SSSR count). The van der Waals surface area contributed by atoms with Gasteiger partial charge in [0, 0.05) is 18.2 Å². The Labute approximate surface area is 162 Å². The maximum atomic E-state index is 5.96. The van der Waals surface area contributed by atoms with Gasteiger partial charge in [-0.05, 0) is 73.6 Å². The van der Waals surface area contributed by atoms with Crippen LogP contribution in [0.4, 0.5) is 0 Å². The van der Waals surface area contributed by atoms with Gasteiger partial charge in [0.1, 0.15) is 18.2 Å². The Bertz CT molecular complexity index is 706. The zero-order valence-corrected chi connectivity index (χ0v) is 17.1. The van der Waals surface area contributed by atoms with Crippen molar-refractivity contribution in [3.8, 4) is 11.6 Å². The Morgan fingerprint density at radius 1 is 1.20 bits per heavy atom. The number of rotatable bonds is 6. The van der Waals surface area contributed by atoms with Crippen LogP contribution in [0.5, 0.6) is 11.6 Å². The van der Waals surface area contributed by atoms with E-state index in [0.717, 1.165) is 33.5 Å². The molecule has 1 saturated carbocycles. The van der Waals surface area contributed by atoms with Crippen LogP contribution in [0.1, 0.15) is 36.6 Å². The zero-order valence-electron chi connectivity index (χ0n) is 14.9. The monoisotopic (exact) mass is 453 g/mol. The van der Waals surface area contributed by atoms with E-state index in [1.165, 1.54) is 6.42 Å². The summed E-state index contributed by atoms with van der Waals surface area (Å²) in [7, 11) is 5.95. The van der Waals surface area contributed by atoms with Crippen LogP contribution in [0.15, 0.2) is 30.5 Å². The van der Waals surface area contributed by atoms with Crippen molar-refractivity contribution in [1.29, 1.82) is 0 Å². The lowest BCUT2D eigenvalue weighted by molar-refractivity contribution is 0.286. The summed E-state index contributed by atoms with van der Waals surface area (Å²) < 4.78 is 12.1. The number of methoxy groups -OCH3 is 1. The molecule has 25 heavy (non-hydrogen) atoms. The predicted molar refractivity (Wildman–Crippen MR) is 106 cm³/mol. The molecule has 0 spiro atoms. The Morgan fingerprint density at radius 3 is 2.60 bits per heavy atom. The van der Waals surface area contributed by atoms with E-state index < -0.39 is 0 Å². The van der Waals surface area contributed by atoms with Crippen LogP contribution in [0.3, 0.4) is 0 Å². The highest BCUT2D eigenvalue weighted by atomic mass is 127. The second-order valence-electron chi connectivity index (χ2n) is 6.65. The molecular weight excluding hydrogens is 429 g/mol. The molecule has 0 saturated heterocycles. The molecule has 1 heterocycles. The molecule has 0 radical (unpaired) electrons. The minimum Gasteiger partial charge on any atom is -0.497 e. The largest absolute Gasteiger partial charge is 0.497 e. The van der Waals surface area contributed by atoms with Crippen LogP contribution >= 0.6 is 22.6 Å². The smallest absolute Gasteiger partial charge is 0.230 e. The normalized spacial score (nSPS) is 20.0. The number of benzene rings is 1. The predicted octanol–water partition coefficient (Wildman–Crippen LogP) is 3.87. The summed E-state index contributed by atoms with van der Waals surface area (Å²) >= 11 is 2.23. The van der Waals surface area contributed by atoms with E-state index in [1.807, 2.05) is 30.5 Å². The van der Waals surface area contributed by atoms with E-state index in [1.54, 1.807) is 7.11 Å². The molecule has 1 fully saturated rings. The summed E-state index contributed by atoms with van der Waals surface area (Å²) in [6.07, 6.45) is 5.33. The molecule has 0 N–H and O–H groups in total. The molecular formula is C19H24IN3O2. The first kappa shape index (κ1) is 18.4. The van der Waals surface area contributed by atoms with Crippen LogP contribution in [-0.2, 0) is 6.61 Å². The Hall–Kier alpha value is -1.41. The van der Waals surface area contributed by atoms with Gasteiger partial charge in [-0.25, -0.2) is 4.98 Å². The number of hydrogen-bond donors (Lipinski definition) is 0.